The van der Waals surface area contributed by atoms with Crippen LogP contribution in [0.4, 0.5) is 0 Å². The number of hydrogen-bond acceptors (Lipinski definition) is 5. The average Bonchev–Trinajstić information content (AvgIpc) is 2.56. The lowest BCUT2D eigenvalue weighted by Crippen LogP contribution is -2.12. The number of esters is 1. The summed E-state index contributed by atoms with van der Waals surface area (Å²) in [7, 11) is 1.48. The Morgan fingerprint density at radius 2 is 1.83 bits per heavy atom. The molecule has 118 valence electrons. The fourth-order valence-corrected chi connectivity index (χ4v) is 1.78. The first-order valence-corrected chi connectivity index (χ1v) is 6.85. The van der Waals surface area contributed by atoms with Crippen molar-refractivity contribution in [3.8, 4) is 11.5 Å². The van der Waals surface area contributed by atoms with E-state index in [1.165, 1.54) is 20.2 Å². The van der Waals surface area contributed by atoms with E-state index in [0.717, 1.165) is 0 Å². The predicted octanol–water partition coefficient (Wildman–Crippen LogP) is 2.38. The fraction of sp³-hybridized carbons (Fsp3) is 0.118. The van der Waals surface area contributed by atoms with Gasteiger partial charge in [-0.05, 0) is 35.9 Å². The summed E-state index contributed by atoms with van der Waals surface area (Å²) in [5.74, 6) is -0.0377. The molecule has 6 nitrogen and oxygen atoms in total. The van der Waals surface area contributed by atoms with E-state index in [2.05, 4.69) is 10.5 Å². The highest BCUT2D eigenvalue weighted by Gasteiger charge is 2.12. The molecule has 2 aromatic rings. The largest absolute Gasteiger partial charge is 0.493 e. The summed E-state index contributed by atoms with van der Waals surface area (Å²) < 4.78 is 10.6. The van der Waals surface area contributed by atoms with Gasteiger partial charge in [0.1, 0.15) is 0 Å². The average molecular weight is 312 g/mol. The maximum atomic E-state index is 12.1. The quantitative estimate of drug-likeness (QED) is 0.398. The first kappa shape index (κ1) is 16.2. The third-order valence-electron chi connectivity index (χ3n) is 2.84. The van der Waals surface area contributed by atoms with Crippen LogP contribution in [-0.2, 0) is 4.79 Å². The molecular weight excluding hydrogens is 296 g/mol. The molecule has 0 bridgehead atoms. The number of amides is 1. The van der Waals surface area contributed by atoms with Crippen LogP contribution in [0, 0.1) is 0 Å². The Balaban J connectivity index is 2.15. The number of ether oxygens (including phenoxy) is 2. The number of nitrogens with one attached hydrogen (secondary N) is 1. The lowest BCUT2D eigenvalue weighted by Gasteiger charge is -2.09. The van der Waals surface area contributed by atoms with Crippen LogP contribution in [0.3, 0.4) is 0 Å². The number of benzene rings is 2. The highest BCUT2D eigenvalue weighted by molar-refractivity contribution is 5.91. The van der Waals surface area contributed by atoms with E-state index in [-0.39, 0.29) is 5.91 Å². The normalized spacial score (nSPS) is 10.3. The molecule has 1 N–H and O–H groups in total. The second-order valence-electron chi connectivity index (χ2n) is 4.59. The van der Waals surface area contributed by atoms with Gasteiger partial charge < -0.3 is 9.47 Å². The van der Waals surface area contributed by atoms with Crippen molar-refractivity contribution in [2.75, 3.05) is 7.11 Å². The molecular formula is C17H16N2O4. The molecule has 23 heavy (non-hydrogen) atoms. The number of hydrazone groups is 1. The van der Waals surface area contributed by atoms with Crippen LogP contribution in [0.2, 0.25) is 0 Å². The minimum Gasteiger partial charge on any atom is -0.493 e. The maximum absolute atomic E-state index is 12.1. The number of methoxy groups -OCH3 is 1. The molecule has 0 unspecified atom stereocenters. The minimum atomic E-state index is -0.469. The van der Waals surface area contributed by atoms with Gasteiger partial charge in [0.05, 0.1) is 18.9 Å². The van der Waals surface area contributed by atoms with Crippen LogP contribution in [0.15, 0.2) is 53.6 Å². The topological polar surface area (TPSA) is 77.0 Å². The lowest BCUT2D eigenvalue weighted by atomic mass is 10.2. The summed E-state index contributed by atoms with van der Waals surface area (Å²) >= 11 is 0. The van der Waals surface area contributed by atoms with Gasteiger partial charge in [0.25, 0.3) is 0 Å². The van der Waals surface area contributed by atoms with Crippen LogP contribution in [0.5, 0.6) is 11.5 Å². The molecule has 6 heteroatoms. The van der Waals surface area contributed by atoms with Crippen LogP contribution in [0.1, 0.15) is 22.8 Å². The third-order valence-corrected chi connectivity index (χ3v) is 2.84. The standard InChI is InChI=1S/C17H16N2O4/c1-12(20)19-18-11-13-8-9-15(16(10-13)22-2)23-17(21)14-6-4-3-5-7-14/h3-11H,1-2H3,(H,19,20)/b18-11+. The van der Waals surface area contributed by atoms with E-state index < -0.39 is 5.97 Å². The molecule has 2 rings (SSSR count). The van der Waals surface area contributed by atoms with Crippen molar-refractivity contribution < 1.29 is 19.1 Å². The Kier molecular flexibility index (Phi) is 5.46. The molecule has 0 saturated carbocycles. The van der Waals surface area contributed by atoms with E-state index in [9.17, 15) is 9.59 Å². The van der Waals surface area contributed by atoms with Crippen LogP contribution in [0.25, 0.3) is 0 Å². The van der Waals surface area contributed by atoms with Crippen LogP contribution < -0.4 is 14.9 Å². The molecule has 0 saturated heterocycles. The Labute approximate surface area is 133 Å². The predicted molar refractivity (Wildman–Crippen MR) is 85.8 cm³/mol. The fourth-order valence-electron chi connectivity index (χ4n) is 1.78. The highest BCUT2D eigenvalue weighted by Crippen LogP contribution is 2.28. The zero-order chi connectivity index (χ0) is 16.7. The van der Waals surface area contributed by atoms with Gasteiger partial charge in [-0.1, -0.05) is 18.2 Å². The summed E-state index contributed by atoms with van der Waals surface area (Å²) in [6.07, 6.45) is 1.46. The molecule has 0 aliphatic heterocycles. The van der Waals surface area contributed by atoms with Gasteiger partial charge in [-0.3, -0.25) is 4.79 Å². The number of hydrogen-bond donors (Lipinski definition) is 1. The number of rotatable bonds is 5. The molecule has 0 aliphatic rings. The van der Waals surface area contributed by atoms with Gasteiger partial charge in [0, 0.05) is 6.92 Å². The van der Waals surface area contributed by atoms with Crippen molar-refractivity contribution in [2.24, 2.45) is 5.10 Å². The van der Waals surface area contributed by atoms with Crippen molar-refractivity contribution in [3.63, 3.8) is 0 Å². The molecule has 0 fully saturated rings. The van der Waals surface area contributed by atoms with E-state index in [4.69, 9.17) is 9.47 Å². The summed E-state index contributed by atoms with van der Waals surface area (Å²) in [6.45, 7) is 1.37. The van der Waals surface area contributed by atoms with E-state index >= 15 is 0 Å². The highest BCUT2D eigenvalue weighted by atomic mass is 16.6. The summed E-state index contributed by atoms with van der Waals surface area (Å²) in [5, 5.41) is 3.77. The summed E-state index contributed by atoms with van der Waals surface area (Å²) in [5.41, 5.74) is 3.44. The van der Waals surface area contributed by atoms with Crippen molar-refractivity contribution in [1.29, 1.82) is 0 Å². The molecule has 0 aromatic heterocycles. The number of nitrogens with zero attached hydrogens (tertiary/aromatic N) is 1. The first-order valence-electron chi connectivity index (χ1n) is 6.85. The van der Waals surface area contributed by atoms with E-state index in [1.54, 1.807) is 42.5 Å². The molecule has 0 atom stereocenters. The van der Waals surface area contributed by atoms with Crippen LogP contribution >= 0.6 is 0 Å². The van der Waals surface area contributed by atoms with E-state index in [0.29, 0.717) is 22.6 Å². The Morgan fingerprint density at radius 3 is 2.48 bits per heavy atom. The zero-order valence-corrected chi connectivity index (χ0v) is 12.8. The summed E-state index contributed by atoms with van der Waals surface area (Å²) in [6, 6.07) is 13.6. The van der Waals surface area contributed by atoms with Crippen molar-refractivity contribution in [3.05, 3.63) is 59.7 Å². The minimum absolute atomic E-state index is 0.262. The SMILES string of the molecule is COc1cc(/C=N/NC(C)=O)ccc1OC(=O)c1ccccc1. The second kappa shape index (κ2) is 7.74. The Hall–Kier alpha value is -3.15. The Bertz CT molecular complexity index is 727. The molecule has 0 spiro atoms. The number of carbonyl (C=O) groups excluding carboxylic acids is 2. The lowest BCUT2D eigenvalue weighted by molar-refractivity contribution is -0.118. The molecule has 1 amide bonds. The maximum Gasteiger partial charge on any atom is 0.343 e. The first-order chi connectivity index (χ1) is 11.1. The van der Waals surface area contributed by atoms with Gasteiger partial charge in [0.15, 0.2) is 11.5 Å². The Morgan fingerprint density at radius 1 is 1.09 bits per heavy atom. The van der Waals surface area contributed by atoms with E-state index in [1.807, 2.05) is 6.07 Å². The second-order valence-corrected chi connectivity index (χ2v) is 4.59. The van der Waals surface area contributed by atoms with Crippen molar-refractivity contribution in [2.45, 2.75) is 6.92 Å². The van der Waals surface area contributed by atoms with Gasteiger partial charge in [-0.15, -0.1) is 0 Å². The van der Waals surface area contributed by atoms with Crippen molar-refractivity contribution in [1.82, 2.24) is 5.43 Å². The monoisotopic (exact) mass is 312 g/mol. The molecule has 0 radical (unpaired) electrons. The van der Waals surface area contributed by atoms with Gasteiger partial charge in [-0.25, -0.2) is 10.2 Å². The molecule has 2 aromatic carbocycles. The number of carbonyl (C=O) groups is 2. The molecule has 0 aliphatic carbocycles. The van der Waals surface area contributed by atoms with Gasteiger partial charge in [-0.2, -0.15) is 5.10 Å². The smallest absolute Gasteiger partial charge is 0.343 e. The zero-order valence-electron chi connectivity index (χ0n) is 12.8. The third kappa shape index (κ3) is 4.67. The molecule has 0 heterocycles. The van der Waals surface area contributed by atoms with Crippen molar-refractivity contribution >= 4 is 18.1 Å². The van der Waals surface area contributed by atoms with Crippen LogP contribution in [-0.4, -0.2) is 25.2 Å². The van der Waals surface area contributed by atoms with Gasteiger partial charge >= 0.3 is 5.97 Å². The summed E-state index contributed by atoms with van der Waals surface area (Å²) in [4.78, 5) is 22.8. The van der Waals surface area contributed by atoms with Gasteiger partial charge in [0.2, 0.25) is 5.91 Å².